The Kier molecular flexibility index (Phi) is 5.34. The number of benzene rings is 2. The lowest BCUT2D eigenvalue weighted by Gasteiger charge is -2.23. The summed E-state index contributed by atoms with van der Waals surface area (Å²) in [7, 11) is 1.22. The van der Waals surface area contributed by atoms with Crippen molar-refractivity contribution in [3.63, 3.8) is 0 Å². The molecule has 0 radical (unpaired) electrons. The highest BCUT2D eigenvalue weighted by atomic mass is 35.5. The van der Waals surface area contributed by atoms with E-state index in [1.165, 1.54) is 14.0 Å². The maximum Gasteiger partial charge on any atom is 0.368 e. The van der Waals surface area contributed by atoms with E-state index in [2.05, 4.69) is 4.74 Å². The highest BCUT2D eigenvalue weighted by molar-refractivity contribution is 8.14. The zero-order valence-corrected chi connectivity index (χ0v) is 14.1. The van der Waals surface area contributed by atoms with E-state index in [4.69, 9.17) is 11.6 Å². The zero-order chi connectivity index (χ0) is 17.0. The summed E-state index contributed by atoms with van der Waals surface area (Å²) < 4.78 is 3.16. The van der Waals surface area contributed by atoms with Gasteiger partial charge in [-0.1, -0.05) is 48.0 Å². The predicted octanol–water partition coefficient (Wildman–Crippen LogP) is 4.81. The summed E-state index contributed by atoms with van der Waals surface area (Å²) >= 11 is 6.50. The van der Waals surface area contributed by atoms with E-state index in [1.807, 2.05) is 24.3 Å². The lowest BCUT2D eigenvalue weighted by atomic mass is 9.97. The number of carboxylic acid groups (broad SMARTS) is 1. The standard InChI is InChI=1S/C17H15ClO4S/c1-17(15(19)20,23-16(21)22-2)13-7-3-11(4-8-13)12-5-9-14(18)10-6-12/h3-10H,1-2H3,(H,19,20). The van der Waals surface area contributed by atoms with Crippen molar-refractivity contribution in [1.82, 2.24) is 0 Å². The quantitative estimate of drug-likeness (QED) is 0.802. The molecule has 2 aromatic carbocycles. The summed E-state index contributed by atoms with van der Waals surface area (Å²) in [5.41, 5.74) is 2.41. The van der Waals surface area contributed by atoms with Gasteiger partial charge in [0.25, 0.3) is 0 Å². The number of methoxy groups -OCH3 is 1. The minimum absolute atomic E-state index is 0.512. The lowest BCUT2D eigenvalue weighted by molar-refractivity contribution is -0.139. The van der Waals surface area contributed by atoms with Crippen LogP contribution < -0.4 is 0 Å². The van der Waals surface area contributed by atoms with Crippen LogP contribution in [0.4, 0.5) is 4.79 Å². The summed E-state index contributed by atoms with van der Waals surface area (Å²) in [4.78, 5) is 23.1. The fourth-order valence-electron chi connectivity index (χ4n) is 2.06. The zero-order valence-electron chi connectivity index (χ0n) is 12.6. The van der Waals surface area contributed by atoms with E-state index in [0.29, 0.717) is 22.3 Å². The van der Waals surface area contributed by atoms with Crippen molar-refractivity contribution >= 4 is 34.6 Å². The topological polar surface area (TPSA) is 63.6 Å². The van der Waals surface area contributed by atoms with Crippen LogP contribution in [0, 0.1) is 0 Å². The largest absolute Gasteiger partial charge is 0.480 e. The number of hydrogen-bond donors (Lipinski definition) is 1. The predicted molar refractivity (Wildman–Crippen MR) is 91.9 cm³/mol. The van der Waals surface area contributed by atoms with Crippen molar-refractivity contribution in [1.29, 1.82) is 0 Å². The van der Waals surface area contributed by atoms with Gasteiger partial charge in [-0.15, -0.1) is 0 Å². The monoisotopic (exact) mass is 350 g/mol. The van der Waals surface area contributed by atoms with Gasteiger partial charge >= 0.3 is 11.3 Å². The molecule has 6 heteroatoms. The number of carboxylic acids is 1. The smallest absolute Gasteiger partial charge is 0.368 e. The molecule has 0 aliphatic carbocycles. The SMILES string of the molecule is COC(=O)SC(C)(C(=O)O)c1ccc(-c2ccc(Cl)cc2)cc1. The second-order valence-electron chi connectivity index (χ2n) is 4.98. The van der Waals surface area contributed by atoms with Crippen LogP contribution in [0.3, 0.4) is 0 Å². The third-order valence-corrected chi connectivity index (χ3v) is 4.88. The van der Waals surface area contributed by atoms with Crippen molar-refractivity contribution < 1.29 is 19.4 Å². The Labute approximate surface area is 143 Å². The van der Waals surface area contributed by atoms with Crippen molar-refractivity contribution in [3.05, 3.63) is 59.1 Å². The molecular formula is C17H15ClO4S. The van der Waals surface area contributed by atoms with Crippen LogP contribution >= 0.6 is 23.4 Å². The molecule has 0 saturated carbocycles. The fourth-order valence-corrected chi connectivity index (χ4v) is 2.94. The minimum Gasteiger partial charge on any atom is -0.480 e. The van der Waals surface area contributed by atoms with E-state index in [0.717, 1.165) is 11.1 Å². The van der Waals surface area contributed by atoms with Crippen molar-refractivity contribution in [2.24, 2.45) is 0 Å². The average Bonchev–Trinajstić information content (AvgIpc) is 2.55. The highest BCUT2D eigenvalue weighted by Gasteiger charge is 2.39. The third-order valence-electron chi connectivity index (χ3n) is 3.48. The van der Waals surface area contributed by atoms with Crippen molar-refractivity contribution in [3.8, 4) is 11.1 Å². The molecule has 0 aromatic heterocycles. The van der Waals surface area contributed by atoms with Gasteiger partial charge < -0.3 is 9.84 Å². The Hall–Kier alpha value is -1.98. The summed E-state index contributed by atoms with van der Waals surface area (Å²) in [5, 5.41) is 9.51. The number of halogens is 1. The van der Waals surface area contributed by atoms with Gasteiger partial charge in [-0.05, 0) is 47.5 Å². The molecule has 0 aliphatic rings. The molecule has 0 spiro atoms. The van der Waals surface area contributed by atoms with Gasteiger partial charge in [-0.25, -0.2) is 4.79 Å². The highest BCUT2D eigenvalue weighted by Crippen LogP contribution is 2.38. The van der Waals surface area contributed by atoms with Crippen LogP contribution in [0.5, 0.6) is 0 Å². The molecule has 0 fully saturated rings. The number of carbonyl (C=O) groups excluding carboxylic acids is 1. The molecule has 0 amide bonds. The fraction of sp³-hybridized carbons (Fsp3) is 0.176. The molecule has 0 saturated heterocycles. The molecule has 2 rings (SSSR count). The molecule has 23 heavy (non-hydrogen) atoms. The molecular weight excluding hydrogens is 336 g/mol. The second kappa shape index (κ2) is 7.06. The maximum absolute atomic E-state index is 11.6. The van der Waals surface area contributed by atoms with E-state index in [1.54, 1.807) is 24.3 Å². The molecule has 0 bridgehead atoms. The van der Waals surface area contributed by atoms with Gasteiger partial charge in [0.15, 0.2) is 0 Å². The lowest BCUT2D eigenvalue weighted by Crippen LogP contribution is -2.30. The first-order valence-corrected chi connectivity index (χ1v) is 7.93. The Balaban J connectivity index is 2.34. The van der Waals surface area contributed by atoms with Gasteiger partial charge in [0.2, 0.25) is 0 Å². The first-order valence-electron chi connectivity index (χ1n) is 6.73. The first-order chi connectivity index (χ1) is 10.9. The van der Waals surface area contributed by atoms with E-state index in [-0.39, 0.29) is 0 Å². The van der Waals surface area contributed by atoms with Crippen LogP contribution in [0.2, 0.25) is 5.02 Å². The number of hydrogen-bond acceptors (Lipinski definition) is 4. The number of carbonyl (C=O) groups is 2. The average molecular weight is 351 g/mol. The van der Waals surface area contributed by atoms with Crippen LogP contribution in [-0.4, -0.2) is 23.5 Å². The maximum atomic E-state index is 11.6. The van der Waals surface area contributed by atoms with Gasteiger partial charge in [-0.3, -0.25) is 4.79 Å². The molecule has 1 unspecified atom stereocenters. The first kappa shape index (κ1) is 17.4. The minimum atomic E-state index is -1.41. The van der Waals surface area contributed by atoms with Crippen LogP contribution in [-0.2, 0) is 14.3 Å². The summed E-state index contributed by atoms with van der Waals surface area (Å²) in [6, 6.07) is 14.4. The third kappa shape index (κ3) is 3.86. The molecule has 120 valence electrons. The molecule has 4 nitrogen and oxygen atoms in total. The van der Waals surface area contributed by atoms with Gasteiger partial charge in [0.1, 0.15) is 4.75 Å². The van der Waals surface area contributed by atoms with Crippen molar-refractivity contribution in [2.75, 3.05) is 7.11 Å². The molecule has 0 aliphatic heterocycles. The van der Waals surface area contributed by atoms with Crippen LogP contribution in [0.1, 0.15) is 12.5 Å². The van der Waals surface area contributed by atoms with Crippen LogP contribution in [0.25, 0.3) is 11.1 Å². The van der Waals surface area contributed by atoms with E-state index < -0.39 is 16.0 Å². The molecule has 0 heterocycles. The molecule has 1 N–H and O–H groups in total. The normalized spacial score (nSPS) is 13.2. The number of thioether (sulfide) groups is 1. The molecule has 1 atom stereocenters. The Morgan fingerprint density at radius 2 is 1.52 bits per heavy atom. The summed E-state index contributed by atoms with van der Waals surface area (Å²) in [6.07, 6.45) is 0. The number of rotatable bonds is 4. The molecule has 2 aromatic rings. The van der Waals surface area contributed by atoms with Crippen LogP contribution in [0.15, 0.2) is 48.5 Å². The number of aliphatic carboxylic acids is 1. The Bertz CT molecular complexity index is 712. The van der Waals surface area contributed by atoms with Crippen molar-refractivity contribution in [2.45, 2.75) is 11.7 Å². The second-order valence-corrected chi connectivity index (χ2v) is 6.77. The van der Waals surface area contributed by atoms with E-state index in [9.17, 15) is 14.7 Å². The van der Waals surface area contributed by atoms with E-state index >= 15 is 0 Å². The Morgan fingerprint density at radius 3 is 1.96 bits per heavy atom. The summed E-state index contributed by atoms with van der Waals surface area (Å²) in [6.45, 7) is 1.48. The van der Waals surface area contributed by atoms with Gasteiger partial charge in [0, 0.05) is 5.02 Å². The summed E-state index contributed by atoms with van der Waals surface area (Å²) in [5.74, 6) is -1.10. The number of ether oxygens (including phenoxy) is 1. The Morgan fingerprint density at radius 1 is 1.04 bits per heavy atom. The van der Waals surface area contributed by atoms with Gasteiger partial charge in [-0.2, -0.15) is 0 Å². The van der Waals surface area contributed by atoms with Gasteiger partial charge in [0.05, 0.1) is 7.11 Å².